The predicted molar refractivity (Wildman–Crippen MR) is 98.9 cm³/mol. The van der Waals surface area contributed by atoms with Gasteiger partial charge in [-0.3, -0.25) is 9.36 Å². The molecule has 0 spiro atoms. The van der Waals surface area contributed by atoms with Crippen molar-refractivity contribution >= 4 is 29.0 Å². The number of nitrogens with zero attached hydrogens (tertiary/aromatic N) is 3. The molecule has 1 aliphatic rings. The Morgan fingerprint density at radius 2 is 1.92 bits per heavy atom. The Kier molecular flexibility index (Phi) is 5.23. The summed E-state index contributed by atoms with van der Waals surface area (Å²) in [7, 11) is 0. The van der Waals surface area contributed by atoms with Crippen LogP contribution >= 0.6 is 23.2 Å². The molecule has 3 rings (SSSR count). The van der Waals surface area contributed by atoms with Crippen LogP contribution in [0.1, 0.15) is 32.0 Å². The van der Waals surface area contributed by atoms with Gasteiger partial charge in [-0.2, -0.15) is 0 Å². The van der Waals surface area contributed by atoms with Crippen LogP contribution in [-0.4, -0.2) is 28.2 Å². The molecular formula is C17H18Cl2F2N4O. The molecule has 1 aliphatic heterocycles. The minimum absolute atomic E-state index is 0.0181. The molecule has 2 N–H and O–H groups in total. The largest absolute Gasteiger partial charge is 0.356 e. The molecule has 0 atom stereocenters. The van der Waals surface area contributed by atoms with E-state index in [1.54, 1.807) is 4.90 Å². The van der Waals surface area contributed by atoms with Crippen LogP contribution in [0.5, 0.6) is 0 Å². The molecule has 1 fully saturated rings. The van der Waals surface area contributed by atoms with Crippen molar-refractivity contribution in [2.75, 3.05) is 18.0 Å². The highest BCUT2D eigenvalue weighted by molar-refractivity contribution is 6.43. The molecule has 2 aromatic rings. The minimum atomic E-state index is -2.96. The topological polar surface area (TPSA) is 64.2 Å². The maximum atomic E-state index is 13.7. The standard InChI is InChI=1S/C17H18Cl2F2N4O/c1-17(22)5-7-24(8-6-17)12-9-13(26)25(16(23-12)15(20)21)11-4-2-3-10(18)14(11)19/h2-4,9,15H,5-8,22H2,1H3. The highest BCUT2D eigenvalue weighted by Crippen LogP contribution is 2.31. The lowest BCUT2D eigenvalue weighted by Gasteiger charge is -2.37. The molecule has 140 valence electrons. The van der Waals surface area contributed by atoms with Crippen molar-refractivity contribution in [3.05, 3.63) is 50.5 Å². The second-order valence-corrected chi connectivity index (χ2v) is 7.45. The highest BCUT2D eigenvalue weighted by Gasteiger charge is 2.28. The van der Waals surface area contributed by atoms with E-state index >= 15 is 0 Å². The first-order valence-electron chi connectivity index (χ1n) is 8.10. The number of benzene rings is 1. The van der Waals surface area contributed by atoms with E-state index in [0.717, 1.165) is 4.57 Å². The monoisotopic (exact) mass is 402 g/mol. The van der Waals surface area contributed by atoms with Crippen molar-refractivity contribution in [2.45, 2.75) is 31.7 Å². The zero-order valence-corrected chi connectivity index (χ0v) is 15.6. The minimum Gasteiger partial charge on any atom is -0.356 e. The van der Waals surface area contributed by atoms with E-state index in [0.29, 0.717) is 25.9 Å². The summed E-state index contributed by atoms with van der Waals surface area (Å²) in [6.45, 7) is 3.04. The van der Waals surface area contributed by atoms with Crippen molar-refractivity contribution in [3.63, 3.8) is 0 Å². The molecule has 0 aliphatic carbocycles. The number of aromatic nitrogens is 2. The summed E-state index contributed by atoms with van der Waals surface area (Å²) < 4.78 is 28.1. The van der Waals surface area contributed by atoms with E-state index in [2.05, 4.69) is 4.98 Å². The summed E-state index contributed by atoms with van der Waals surface area (Å²) in [5.74, 6) is -0.451. The molecule has 1 aromatic heterocycles. The Hall–Kier alpha value is -1.70. The Labute approximate surface area is 159 Å². The van der Waals surface area contributed by atoms with Gasteiger partial charge in [-0.15, -0.1) is 0 Å². The third-order valence-corrected chi connectivity index (χ3v) is 5.34. The number of nitrogens with two attached hydrogens (primary N) is 1. The molecule has 1 aromatic carbocycles. The number of piperidine rings is 1. The zero-order chi connectivity index (χ0) is 19.1. The summed E-state index contributed by atoms with van der Waals surface area (Å²) >= 11 is 12.1. The van der Waals surface area contributed by atoms with Gasteiger partial charge >= 0.3 is 0 Å². The molecule has 0 amide bonds. The van der Waals surface area contributed by atoms with Crippen LogP contribution in [0.3, 0.4) is 0 Å². The summed E-state index contributed by atoms with van der Waals surface area (Å²) in [5.41, 5.74) is 5.23. The third-order valence-electron chi connectivity index (χ3n) is 4.53. The summed E-state index contributed by atoms with van der Waals surface area (Å²) in [4.78, 5) is 18.5. The van der Waals surface area contributed by atoms with Crippen molar-refractivity contribution in [3.8, 4) is 5.69 Å². The van der Waals surface area contributed by atoms with Gasteiger partial charge in [0.1, 0.15) is 5.82 Å². The van der Waals surface area contributed by atoms with Crippen molar-refractivity contribution in [2.24, 2.45) is 5.73 Å². The molecule has 0 bridgehead atoms. The van der Waals surface area contributed by atoms with Gasteiger partial charge in [0, 0.05) is 24.7 Å². The Morgan fingerprint density at radius 1 is 1.27 bits per heavy atom. The predicted octanol–water partition coefficient (Wildman–Crippen LogP) is 3.79. The lowest BCUT2D eigenvalue weighted by atomic mass is 9.91. The number of hydrogen-bond donors (Lipinski definition) is 1. The third kappa shape index (κ3) is 3.70. The van der Waals surface area contributed by atoms with E-state index in [1.165, 1.54) is 24.3 Å². The first-order valence-corrected chi connectivity index (χ1v) is 8.85. The second-order valence-electron chi connectivity index (χ2n) is 6.66. The van der Waals surface area contributed by atoms with Gasteiger partial charge in [0.15, 0.2) is 5.82 Å². The Bertz CT molecular complexity index is 876. The average molecular weight is 403 g/mol. The van der Waals surface area contributed by atoms with Crippen LogP contribution in [0.15, 0.2) is 29.1 Å². The molecule has 0 saturated carbocycles. The fourth-order valence-corrected chi connectivity index (χ4v) is 3.33. The molecule has 5 nitrogen and oxygen atoms in total. The number of halogens is 4. The highest BCUT2D eigenvalue weighted by atomic mass is 35.5. The molecular weight excluding hydrogens is 385 g/mol. The van der Waals surface area contributed by atoms with Gasteiger partial charge < -0.3 is 10.6 Å². The van der Waals surface area contributed by atoms with Crippen molar-refractivity contribution in [1.82, 2.24) is 9.55 Å². The van der Waals surface area contributed by atoms with Gasteiger partial charge in [0.25, 0.3) is 12.0 Å². The fourth-order valence-electron chi connectivity index (χ4n) is 2.95. The Morgan fingerprint density at radius 3 is 2.54 bits per heavy atom. The molecule has 2 heterocycles. The van der Waals surface area contributed by atoms with Crippen LogP contribution in [0, 0.1) is 0 Å². The van der Waals surface area contributed by atoms with E-state index < -0.39 is 17.8 Å². The maximum absolute atomic E-state index is 13.7. The molecule has 0 unspecified atom stereocenters. The molecule has 0 radical (unpaired) electrons. The van der Waals surface area contributed by atoms with Crippen LogP contribution in [0.4, 0.5) is 14.6 Å². The summed E-state index contributed by atoms with van der Waals surface area (Å²) in [5, 5.41) is 0.184. The lowest BCUT2D eigenvalue weighted by Crippen LogP contribution is -2.48. The van der Waals surface area contributed by atoms with Crippen LogP contribution in [0.25, 0.3) is 5.69 Å². The van der Waals surface area contributed by atoms with Crippen molar-refractivity contribution < 1.29 is 8.78 Å². The summed E-state index contributed by atoms with van der Waals surface area (Å²) in [6.07, 6.45) is -1.59. The van der Waals surface area contributed by atoms with E-state index in [-0.39, 0.29) is 27.1 Å². The van der Waals surface area contributed by atoms with E-state index in [4.69, 9.17) is 28.9 Å². The second kappa shape index (κ2) is 7.13. The maximum Gasteiger partial charge on any atom is 0.296 e. The smallest absolute Gasteiger partial charge is 0.296 e. The van der Waals surface area contributed by atoms with Gasteiger partial charge in [0.2, 0.25) is 0 Å². The van der Waals surface area contributed by atoms with Crippen LogP contribution < -0.4 is 16.2 Å². The molecule has 1 saturated heterocycles. The quantitative estimate of drug-likeness (QED) is 0.847. The number of hydrogen-bond acceptors (Lipinski definition) is 4. The first kappa shape index (κ1) is 19.1. The van der Waals surface area contributed by atoms with E-state index in [1.807, 2.05) is 6.92 Å². The molecule has 26 heavy (non-hydrogen) atoms. The van der Waals surface area contributed by atoms with Gasteiger partial charge in [-0.1, -0.05) is 29.3 Å². The van der Waals surface area contributed by atoms with Gasteiger partial charge in [-0.25, -0.2) is 13.8 Å². The van der Waals surface area contributed by atoms with Crippen LogP contribution in [0.2, 0.25) is 10.0 Å². The van der Waals surface area contributed by atoms with E-state index in [9.17, 15) is 13.6 Å². The number of alkyl halides is 2. The van der Waals surface area contributed by atoms with Crippen molar-refractivity contribution in [1.29, 1.82) is 0 Å². The average Bonchev–Trinajstić information content (AvgIpc) is 2.57. The Balaban J connectivity index is 2.08. The lowest BCUT2D eigenvalue weighted by molar-refractivity contribution is 0.136. The SMILES string of the molecule is CC1(N)CCN(c2cc(=O)n(-c3cccc(Cl)c3Cl)c(C(F)F)n2)CC1. The molecule has 9 heteroatoms. The number of anilines is 1. The normalized spacial score (nSPS) is 17.0. The first-order chi connectivity index (χ1) is 12.2. The summed E-state index contributed by atoms with van der Waals surface area (Å²) in [6, 6.07) is 5.73. The van der Waals surface area contributed by atoms with Gasteiger partial charge in [-0.05, 0) is 31.9 Å². The zero-order valence-electron chi connectivity index (χ0n) is 14.1. The fraction of sp³-hybridized carbons (Fsp3) is 0.412. The van der Waals surface area contributed by atoms with Crippen LogP contribution in [-0.2, 0) is 0 Å². The number of rotatable bonds is 3. The van der Waals surface area contributed by atoms with Gasteiger partial charge in [0.05, 0.1) is 15.7 Å².